The van der Waals surface area contributed by atoms with Gasteiger partial charge in [-0.15, -0.1) is 0 Å². The maximum absolute atomic E-state index is 10.4. The Morgan fingerprint density at radius 1 is 1.36 bits per heavy atom. The standard InChI is InChI=1S/C11H15AsO2/c12-10(6-7-11(13)14)8-9-4-2-1-3-5-9/h1-5,10H,6-8,12H2,(H,13,14)/t10-/m0/s1. The van der Waals surface area contributed by atoms with E-state index in [2.05, 4.69) is 12.1 Å². The van der Waals surface area contributed by atoms with Crippen LogP contribution in [0, 0.1) is 0 Å². The van der Waals surface area contributed by atoms with E-state index in [4.69, 9.17) is 5.11 Å². The molecule has 1 unspecified atom stereocenters. The van der Waals surface area contributed by atoms with E-state index in [-0.39, 0.29) is 6.42 Å². The number of aliphatic carboxylic acids is 1. The summed E-state index contributed by atoms with van der Waals surface area (Å²) in [5.41, 5.74) is 1.30. The van der Waals surface area contributed by atoms with Crippen LogP contribution in [0.25, 0.3) is 0 Å². The maximum atomic E-state index is 10.4. The Bertz CT molecular complexity index is 285. The molecule has 2 nitrogen and oxygen atoms in total. The number of hydrogen-bond donors (Lipinski definition) is 1. The van der Waals surface area contributed by atoms with Gasteiger partial charge in [0, 0.05) is 0 Å². The number of hydrogen-bond acceptors (Lipinski definition) is 1. The molecule has 0 fully saturated rings. The third-order valence-corrected chi connectivity index (χ3v) is 3.26. The molecule has 0 saturated carbocycles. The Morgan fingerprint density at radius 2 is 2.00 bits per heavy atom. The zero-order valence-electron chi connectivity index (χ0n) is 8.02. The van der Waals surface area contributed by atoms with E-state index in [0.717, 1.165) is 12.8 Å². The van der Waals surface area contributed by atoms with Crippen LogP contribution < -0.4 is 0 Å². The quantitative estimate of drug-likeness (QED) is 0.809. The average Bonchev–Trinajstić information content (AvgIpc) is 2.16. The molecular weight excluding hydrogens is 239 g/mol. The zero-order chi connectivity index (χ0) is 10.4. The summed E-state index contributed by atoms with van der Waals surface area (Å²) in [5.74, 6) is -0.694. The molecule has 0 aromatic heterocycles. The van der Waals surface area contributed by atoms with Crippen molar-refractivity contribution in [3.63, 3.8) is 0 Å². The van der Waals surface area contributed by atoms with Gasteiger partial charge in [-0.3, -0.25) is 0 Å². The number of benzene rings is 1. The van der Waals surface area contributed by atoms with E-state index in [1.165, 1.54) is 5.56 Å². The van der Waals surface area contributed by atoms with Crippen molar-refractivity contribution in [3.8, 4) is 0 Å². The van der Waals surface area contributed by atoms with Crippen molar-refractivity contribution in [2.75, 3.05) is 0 Å². The van der Waals surface area contributed by atoms with E-state index in [9.17, 15) is 4.79 Å². The van der Waals surface area contributed by atoms with Crippen molar-refractivity contribution in [1.82, 2.24) is 0 Å². The van der Waals surface area contributed by atoms with Gasteiger partial charge in [-0.1, -0.05) is 0 Å². The van der Waals surface area contributed by atoms with E-state index >= 15 is 0 Å². The fraction of sp³-hybridized carbons (Fsp3) is 0.364. The summed E-state index contributed by atoms with van der Waals surface area (Å²) in [5, 5.41) is 8.54. The Labute approximate surface area is 92.8 Å². The molecule has 0 amide bonds. The van der Waals surface area contributed by atoms with Crippen molar-refractivity contribution in [3.05, 3.63) is 35.9 Å². The molecule has 0 spiro atoms. The summed E-state index contributed by atoms with van der Waals surface area (Å²) >= 11 is 1.63. The first kappa shape index (κ1) is 11.3. The van der Waals surface area contributed by atoms with Crippen LogP contribution in [0.1, 0.15) is 18.4 Å². The van der Waals surface area contributed by atoms with Gasteiger partial charge < -0.3 is 0 Å². The monoisotopic (exact) mass is 254 g/mol. The molecule has 0 aliphatic heterocycles. The molecule has 1 aromatic rings. The number of rotatable bonds is 5. The Balaban J connectivity index is 2.34. The van der Waals surface area contributed by atoms with Crippen LogP contribution in [-0.2, 0) is 11.2 Å². The third kappa shape index (κ3) is 4.47. The predicted octanol–water partition coefficient (Wildman–Crippen LogP) is 1.52. The Kier molecular flexibility index (Phi) is 4.75. The molecule has 0 bridgehead atoms. The van der Waals surface area contributed by atoms with Gasteiger partial charge >= 0.3 is 92.6 Å². The van der Waals surface area contributed by atoms with Crippen LogP contribution in [-0.4, -0.2) is 27.9 Å². The SMILES string of the molecule is O=C(O)CC[C@H]([AsH2])Cc1ccccc1. The van der Waals surface area contributed by atoms with Gasteiger partial charge in [0.15, 0.2) is 0 Å². The molecule has 1 aromatic carbocycles. The molecule has 14 heavy (non-hydrogen) atoms. The summed E-state index contributed by atoms with van der Waals surface area (Å²) in [6, 6.07) is 10.2. The van der Waals surface area contributed by atoms with Crippen molar-refractivity contribution in [2.24, 2.45) is 0 Å². The molecule has 0 saturated heterocycles. The van der Waals surface area contributed by atoms with Crippen LogP contribution in [0.5, 0.6) is 0 Å². The van der Waals surface area contributed by atoms with Gasteiger partial charge in [-0.25, -0.2) is 0 Å². The van der Waals surface area contributed by atoms with Crippen LogP contribution in [0.3, 0.4) is 0 Å². The van der Waals surface area contributed by atoms with Gasteiger partial charge in [-0.05, 0) is 0 Å². The fourth-order valence-electron chi connectivity index (χ4n) is 1.33. The molecule has 0 heterocycles. The molecule has 2 atom stereocenters. The summed E-state index contributed by atoms with van der Waals surface area (Å²) in [4.78, 5) is 10.4. The van der Waals surface area contributed by atoms with Crippen molar-refractivity contribution >= 4 is 22.8 Å². The summed E-state index contributed by atoms with van der Waals surface area (Å²) in [6.45, 7) is 0. The number of carboxylic acids is 1. The second kappa shape index (κ2) is 5.87. The second-order valence-corrected chi connectivity index (χ2v) is 5.36. The van der Waals surface area contributed by atoms with Gasteiger partial charge in [-0.2, -0.15) is 0 Å². The molecule has 76 valence electrons. The van der Waals surface area contributed by atoms with E-state index in [0.29, 0.717) is 4.71 Å². The average molecular weight is 254 g/mol. The minimum absolute atomic E-state index is 0.287. The van der Waals surface area contributed by atoms with Crippen molar-refractivity contribution < 1.29 is 9.90 Å². The van der Waals surface area contributed by atoms with Gasteiger partial charge in [0.2, 0.25) is 0 Å². The second-order valence-electron chi connectivity index (χ2n) is 3.38. The van der Waals surface area contributed by atoms with Gasteiger partial charge in [0.05, 0.1) is 0 Å². The Hall–Kier alpha value is -0.752. The molecule has 0 aliphatic rings. The van der Waals surface area contributed by atoms with Crippen molar-refractivity contribution in [1.29, 1.82) is 0 Å². The predicted molar refractivity (Wildman–Crippen MR) is 59.3 cm³/mol. The molecule has 1 N–H and O–H groups in total. The van der Waals surface area contributed by atoms with Crippen LogP contribution in [0.2, 0.25) is 4.71 Å². The first-order chi connectivity index (χ1) is 6.68. The van der Waals surface area contributed by atoms with Crippen molar-refractivity contribution in [2.45, 2.75) is 24.0 Å². The molecule has 0 radical (unpaired) electrons. The Morgan fingerprint density at radius 3 is 2.57 bits per heavy atom. The number of carboxylic acid groups (broad SMARTS) is 1. The topological polar surface area (TPSA) is 37.3 Å². The fourth-order valence-corrected chi connectivity index (χ4v) is 2.25. The summed E-state index contributed by atoms with van der Waals surface area (Å²) < 4.78 is 0.501. The van der Waals surface area contributed by atoms with Gasteiger partial charge in [0.1, 0.15) is 0 Å². The molecule has 0 aliphatic carbocycles. The third-order valence-electron chi connectivity index (χ3n) is 2.07. The first-order valence-corrected chi connectivity index (χ1v) is 6.09. The van der Waals surface area contributed by atoms with Crippen LogP contribution >= 0.6 is 0 Å². The number of carbonyl (C=O) groups is 1. The minimum atomic E-state index is -0.694. The normalized spacial score (nSPS) is 12.4. The molecular formula is C11H15AsO2. The molecule has 3 heteroatoms. The van der Waals surface area contributed by atoms with E-state index in [1.54, 1.807) is 16.9 Å². The zero-order valence-corrected chi connectivity index (χ0v) is 10.4. The molecule has 1 rings (SSSR count). The first-order valence-electron chi connectivity index (χ1n) is 4.70. The van der Waals surface area contributed by atoms with E-state index < -0.39 is 5.97 Å². The summed E-state index contributed by atoms with van der Waals surface area (Å²) in [7, 11) is 0. The van der Waals surface area contributed by atoms with Crippen LogP contribution in [0.15, 0.2) is 30.3 Å². The summed E-state index contributed by atoms with van der Waals surface area (Å²) in [6.07, 6.45) is 2.06. The van der Waals surface area contributed by atoms with E-state index in [1.807, 2.05) is 18.2 Å². The van der Waals surface area contributed by atoms with Gasteiger partial charge in [0.25, 0.3) is 0 Å². The van der Waals surface area contributed by atoms with Crippen LogP contribution in [0.4, 0.5) is 0 Å².